The Kier molecular flexibility index (Phi) is 3.68. The standard InChI is InChI=1S/C16H22N4O/c1-11(2)9-20-15(21)7-6-12(17)16(20)13-10-19-8-4-3-5-14(19)18-13/h3-5,8,10-12,16H,6-7,9,17H2,1-2H3. The van der Waals surface area contributed by atoms with Crippen molar-refractivity contribution < 1.29 is 4.79 Å². The lowest BCUT2D eigenvalue weighted by Crippen LogP contribution is -2.50. The Hall–Kier alpha value is -1.88. The highest BCUT2D eigenvalue weighted by Gasteiger charge is 2.36. The van der Waals surface area contributed by atoms with E-state index in [4.69, 9.17) is 5.73 Å². The molecule has 5 heteroatoms. The first-order valence-electron chi connectivity index (χ1n) is 7.55. The van der Waals surface area contributed by atoms with Gasteiger partial charge in [0.05, 0.1) is 11.7 Å². The van der Waals surface area contributed by atoms with Crippen LogP contribution in [0.15, 0.2) is 30.6 Å². The van der Waals surface area contributed by atoms with E-state index in [0.29, 0.717) is 12.3 Å². The maximum Gasteiger partial charge on any atom is 0.223 e. The fourth-order valence-corrected chi connectivity index (χ4v) is 3.06. The van der Waals surface area contributed by atoms with Gasteiger partial charge in [0.1, 0.15) is 5.65 Å². The molecular weight excluding hydrogens is 264 g/mol. The SMILES string of the molecule is CC(C)CN1C(=O)CCC(N)C1c1cn2ccccc2n1. The van der Waals surface area contributed by atoms with Crippen LogP contribution in [0.1, 0.15) is 38.4 Å². The van der Waals surface area contributed by atoms with Gasteiger partial charge >= 0.3 is 0 Å². The molecule has 1 fully saturated rings. The van der Waals surface area contributed by atoms with E-state index in [1.807, 2.05) is 39.9 Å². The number of aromatic nitrogens is 2. The maximum atomic E-state index is 12.3. The predicted molar refractivity (Wildman–Crippen MR) is 81.7 cm³/mol. The van der Waals surface area contributed by atoms with E-state index in [0.717, 1.165) is 24.3 Å². The predicted octanol–water partition coefficient (Wildman–Crippen LogP) is 1.98. The highest BCUT2D eigenvalue weighted by molar-refractivity contribution is 5.78. The van der Waals surface area contributed by atoms with Crippen LogP contribution in [0.4, 0.5) is 0 Å². The van der Waals surface area contributed by atoms with Crippen LogP contribution in [0.25, 0.3) is 5.65 Å². The molecule has 2 aromatic rings. The van der Waals surface area contributed by atoms with E-state index < -0.39 is 0 Å². The number of hydrogen-bond acceptors (Lipinski definition) is 3. The van der Waals surface area contributed by atoms with Crippen LogP contribution in [-0.4, -0.2) is 32.8 Å². The molecule has 2 atom stereocenters. The van der Waals surface area contributed by atoms with E-state index in [1.165, 1.54) is 0 Å². The average molecular weight is 286 g/mol. The molecule has 0 aliphatic carbocycles. The van der Waals surface area contributed by atoms with Gasteiger partial charge in [-0.2, -0.15) is 0 Å². The van der Waals surface area contributed by atoms with Gasteiger partial charge in [0.2, 0.25) is 5.91 Å². The fraction of sp³-hybridized carbons (Fsp3) is 0.500. The number of amides is 1. The van der Waals surface area contributed by atoms with E-state index in [-0.39, 0.29) is 18.0 Å². The number of nitrogens with two attached hydrogens (primary N) is 1. The molecular formula is C16H22N4O. The first-order valence-corrected chi connectivity index (χ1v) is 7.55. The Morgan fingerprint density at radius 3 is 2.95 bits per heavy atom. The number of rotatable bonds is 3. The number of carbonyl (C=O) groups excluding carboxylic acids is 1. The zero-order valence-corrected chi connectivity index (χ0v) is 12.6. The van der Waals surface area contributed by atoms with Crippen molar-refractivity contribution in [3.63, 3.8) is 0 Å². The minimum absolute atomic E-state index is 0.0497. The number of hydrogen-bond donors (Lipinski definition) is 1. The third-order valence-electron chi connectivity index (χ3n) is 4.00. The van der Waals surface area contributed by atoms with Crippen LogP contribution in [0.5, 0.6) is 0 Å². The molecule has 1 aliphatic rings. The summed E-state index contributed by atoms with van der Waals surface area (Å²) in [5.41, 5.74) is 8.10. The zero-order chi connectivity index (χ0) is 15.0. The second-order valence-corrected chi connectivity index (χ2v) is 6.22. The van der Waals surface area contributed by atoms with Crippen molar-refractivity contribution in [3.8, 4) is 0 Å². The van der Waals surface area contributed by atoms with E-state index >= 15 is 0 Å². The van der Waals surface area contributed by atoms with Crippen LogP contribution >= 0.6 is 0 Å². The summed E-state index contributed by atoms with van der Waals surface area (Å²) in [6, 6.07) is 5.73. The lowest BCUT2D eigenvalue weighted by atomic mass is 9.93. The zero-order valence-electron chi connectivity index (χ0n) is 12.6. The second kappa shape index (κ2) is 5.48. The maximum absolute atomic E-state index is 12.3. The van der Waals surface area contributed by atoms with Crippen molar-refractivity contribution in [1.82, 2.24) is 14.3 Å². The highest BCUT2D eigenvalue weighted by Crippen LogP contribution is 2.31. The molecule has 1 aliphatic heterocycles. The molecule has 2 N–H and O–H groups in total. The Morgan fingerprint density at radius 2 is 2.24 bits per heavy atom. The molecule has 1 saturated heterocycles. The molecule has 0 aromatic carbocycles. The molecule has 0 bridgehead atoms. The van der Waals surface area contributed by atoms with Gasteiger partial charge < -0.3 is 15.0 Å². The molecule has 1 amide bonds. The Labute approximate surface area is 124 Å². The highest BCUT2D eigenvalue weighted by atomic mass is 16.2. The minimum Gasteiger partial charge on any atom is -0.332 e. The van der Waals surface area contributed by atoms with E-state index in [9.17, 15) is 4.79 Å². The Balaban J connectivity index is 2.00. The average Bonchev–Trinajstić information content (AvgIpc) is 2.86. The molecule has 3 rings (SSSR count). The molecule has 5 nitrogen and oxygen atoms in total. The number of carbonyl (C=O) groups is 1. The molecule has 21 heavy (non-hydrogen) atoms. The number of fused-ring (bicyclic) bond motifs is 1. The molecule has 112 valence electrons. The normalized spacial score (nSPS) is 23.2. The molecule has 0 spiro atoms. The minimum atomic E-state index is -0.117. The topological polar surface area (TPSA) is 63.6 Å². The summed E-state index contributed by atoms with van der Waals surface area (Å²) < 4.78 is 1.98. The summed E-state index contributed by atoms with van der Waals surface area (Å²) >= 11 is 0. The van der Waals surface area contributed by atoms with Crippen LogP contribution in [0, 0.1) is 5.92 Å². The number of likely N-dealkylation sites (tertiary alicyclic amines) is 1. The Morgan fingerprint density at radius 1 is 1.43 bits per heavy atom. The molecule has 2 unspecified atom stereocenters. The van der Waals surface area contributed by atoms with Gasteiger partial charge in [0.15, 0.2) is 0 Å². The number of imidazole rings is 1. The summed E-state index contributed by atoms with van der Waals surface area (Å²) in [4.78, 5) is 18.9. The first kappa shape index (κ1) is 14.1. The third-order valence-corrected chi connectivity index (χ3v) is 4.00. The van der Waals surface area contributed by atoms with Gasteiger partial charge in [0.25, 0.3) is 0 Å². The monoisotopic (exact) mass is 286 g/mol. The quantitative estimate of drug-likeness (QED) is 0.938. The van der Waals surface area contributed by atoms with Crippen LogP contribution < -0.4 is 5.73 Å². The Bertz CT molecular complexity index is 616. The van der Waals surface area contributed by atoms with Crippen molar-refractivity contribution in [2.75, 3.05) is 6.54 Å². The third kappa shape index (κ3) is 2.65. The first-order chi connectivity index (χ1) is 10.1. The lowest BCUT2D eigenvalue weighted by Gasteiger charge is -2.39. The van der Waals surface area contributed by atoms with E-state index in [2.05, 4.69) is 18.8 Å². The number of pyridine rings is 1. The molecule has 2 aromatic heterocycles. The summed E-state index contributed by atoms with van der Waals surface area (Å²) in [5.74, 6) is 0.603. The smallest absolute Gasteiger partial charge is 0.223 e. The van der Waals surface area contributed by atoms with Gasteiger partial charge in [-0.05, 0) is 24.5 Å². The lowest BCUT2D eigenvalue weighted by molar-refractivity contribution is -0.138. The second-order valence-electron chi connectivity index (χ2n) is 6.22. The van der Waals surface area contributed by atoms with Gasteiger partial charge in [-0.3, -0.25) is 4.79 Å². The van der Waals surface area contributed by atoms with Gasteiger partial charge in [0, 0.05) is 31.4 Å². The van der Waals surface area contributed by atoms with Crippen molar-refractivity contribution in [1.29, 1.82) is 0 Å². The van der Waals surface area contributed by atoms with Gasteiger partial charge in [-0.1, -0.05) is 19.9 Å². The number of piperidine rings is 1. The van der Waals surface area contributed by atoms with Crippen molar-refractivity contribution >= 4 is 11.6 Å². The van der Waals surface area contributed by atoms with Gasteiger partial charge in [-0.25, -0.2) is 4.98 Å². The van der Waals surface area contributed by atoms with Crippen LogP contribution in [0.2, 0.25) is 0 Å². The van der Waals surface area contributed by atoms with Gasteiger partial charge in [-0.15, -0.1) is 0 Å². The van der Waals surface area contributed by atoms with Crippen molar-refractivity contribution in [3.05, 3.63) is 36.3 Å². The summed E-state index contributed by atoms with van der Waals surface area (Å²) in [5, 5.41) is 0. The summed E-state index contributed by atoms with van der Waals surface area (Å²) in [7, 11) is 0. The summed E-state index contributed by atoms with van der Waals surface area (Å²) in [6.45, 7) is 4.97. The molecule has 3 heterocycles. The molecule has 0 radical (unpaired) electrons. The summed E-state index contributed by atoms with van der Waals surface area (Å²) in [6.07, 6.45) is 5.23. The fourth-order valence-electron chi connectivity index (χ4n) is 3.06. The van der Waals surface area contributed by atoms with Crippen molar-refractivity contribution in [2.24, 2.45) is 11.7 Å². The largest absolute Gasteiger partial charge is 0.332 e. The van der Waals surface area contributed by atoms with Crippen LogP contribution in [-0.2, 0) is 4.79 Å². The molecule has 0 saturated carbocycles. The van der Waals surface area contributed by atoms with Crippen LogP contribution in [0.3, 0.4) is 0 Å². The van der Waals surface area contributed by atoms with Crippen molar-refractivity contribution in [2.45, 2.75) is 38.8 Å². The van der Waals surface area contributed by atoms with E-state index in [1.54, 1.807) is 0 Å². The number of nitrogens with zero attached hydrogens (tertiary/aromatic N) is 3.